The zero-order valence-corrected chi connectivity index (χ0v) is 9.90. The van der Waals surface area contributed by atoms with Crippen LogP contribution >= 0.6 is 0 Å². The second-order valence-electron chi connectivity index (χ2n) is 3.52. The lowest BCUT2D eigenvalue weighted by Gasteiger charge is -2.16. The maximum atomic E-state index is 9.21. The van der Waals surface area contributed by atoms with Crippen molar-refractivity contribution in [1.82, 2.24) is 0 Å². The van der Waals surface area contributed by atoms with Crippen LogP contribution in [0, 0.1) is 0 Å². The molecule has 0 fully saturated rings. The minimum Gasteiger partial charge on any atom is -0.497 e. The third kappa shape index (κ3) is 3.40. The lowest BCUT2D eigenvalue weighted by molar-refractivity contribution is 0.0902. The Hall–Kier alpha value is -1.26. The molecule has 1 atom stereocenters. The first-order valence-electron chi connectivity index (χ1n) is 5.14. The minimum atomic E-state index is -0.0771. The Morgan fingerprint density at radius 3 is 2.62 bits per heavy atom. The molecule has 1 aromatic carbocycles. The van der Waals surface area contributed by atoms with Gasteiger partial charge in [-0.2, -0.15) is 0 Å². The summed E-state index contributed by atoms with van der Waals surface area (Å²) in [4.78, 5) is 0. The molecule has 1 unspecified atom stereocenters. The van der Waals surface area contributed by atoms with Crippen molar-refractivity contribution in [2.75, 3.05) is 20.8 Å². The van der Waals surface area contributed by atoms with Gasteiger partial charge in [-0.3, -0.25) is 0 Å². The van der Waals surface area contributed by atoms with Crippen LogP contribution in [0.25, 0.3) is 0 Å². The van der Waals surface area contributed by atoms with Crippen LogP contribution in [0.1, 0.15) is 12.5 Å². The summed E-state index contributed by atoms with van der Waals surface area (Å²) in [5.41, 5.74) is 0.710. The van der Waals surface area contributed by atoms with Crippen molar-refractivity contribution in [1.29, 1.82) is 0 Å². The van der Waals surface area contributed by atoms with Crippen molar-refractivity contribution in [3.8, 4) is 11.5 Å². The van der Waals surface area contributed by atoms with Gasteiger partial charge >= 0.3 is 0 Å². The third-order valence-corrected chi connectivity index (χ3v) is 2.17. The summed E-state index contributed by atoms with van der Waals surface area (Å²) in [6.07, 6.45) is -0.0521. The summed E-state index contributed by atoms with van der Waals surface area (Å²) in [6, 6.07) is 5.35. The highest BCUT2D eigenvalue weighted by molar-refractivity contribution is 5.40. The lowest BCUT2D eigenvalue weighted by atomic mass is 10.2. The number of aliphatic hydroxyl groups is 1. The molecule has 4 heteroatoms. The maximum absolute atomic E-state index is 9.21. The Balaban J connectivity index is 2.78. The van der Waals surface area contributed by atoms with Gasteiger partial charge in [0.15, 0.2) is 0 Å². The highest BCUT2D eigenvalue weighted by Gasteiger charge is 2.08. The van der Waals surface area contributed by atoms with E-state index in [1.165, 1.54) is 0 Å². The largest absolute Gasteiger partial charge is 0.497 e. The molecule has 4 nitrogen and oxygen atoms in total. The molecule has 1 rings (SSSR count). The molecule has 1 N–H and O–H groups in total. The number of hydrogen-bond acceptors (Lipinski definition) is 4. The second-order valence-corrected chi connectivity index (χ2v) is 3.52. The van der Waals surface area contributed by atoms with Crippen LogP contribution in [-0.4, -0.2) is 32.0 Å². The average Bonchev–Trinajstić information content (AvgIpc) is 2.30. The molecule has 0 aromatic heterocycles. The topological polar surface area (TPSA) is 47.9 Å². The smallest absolute Gasteiger partial charge is 0.125 e. The summed E-state index contributed by atoms with van der Waals surface area (Å²) >= 11 is 0. The molecule has 0 radical (unpaired) electrons. The van der Waals surface area contributed by atoms with Crippen LogP contribution < -0.4 is 9.47 Å². The van der Waals surface area contributed by atoms with Gasteiger partial charge in [0.25, 0.3) is 0 Å². The molecule has 0 saturated heterocycles. The maximum Gasteiger partial charge on any atom is 0.125 e. The Kier molecular flexibility index (Phi) is 5.08. The molecular weight excluding hydrogens is 208 g/mol. The summed E-state index contributed by atoms with van der Waals surface area (Å²) in [7, 11) is 3.21. The molecule has 0 aliphatic rings. The highest BCUT2D eigenvalue weighted by Crippen LogP contribution is 2.25. The van der Waals surface area contributed by atoms with Crippen LogP contribution in [0.15, 0.2) is 18.2 Å². The van der Waals surface area contributed by atoms with E-state index in [9.17, 15) is 5.11 Å². The van der Waals surface area contributed by atoms with Crippen molar-refractivity contribution in [2.45, 2.75) is 19.6 Å². The van der Waals surface area contributed by atoms with Crippen molar-refractivity contribution in [3.63, 3.8) is 0 Å². The Labute approximate surface area is 95.8 Å². The Morgan fingerprint density at radius 2 is 2.06 bits per heavy atom. The van der Waals surface area contributed by atoms with Gasteiger partial charge in [0.2, 0.25) is 0 Å². The summed E-state index contributed by atoms with van der Waals surface area (Å²) < 4.78 is 15.7. The quantitative estimate of drug-likeness (QED) is 0.800. The molecule has 0 heterocycles. The first-order valence-corrected chi connectivity index (χ1v) is 5.14. The van der Waals surface area contributed by atoms with Gasteiger partial charge in [0, 0.05) is 12.7 Å². The zero-order chi connectivity index (χ0) is 12.0. The van der Waals surface area contributed by atoms with Crippen LogP contribution in [0.2, 0.25) is 0 Å². The van der Waals surface area contributed by atoms with E-state index >= 15 is 0 Å². The van der Waals surface area contributed by atoms with E-state index in [2.05, 4.69) is 0 Å². The number of rotatable bonds is 6. The molecule has 1 aromatic rings. The monoisotopic (exact) mass is 226 g/mol. The van der Waals surface area contributed by atoms with Gasteiger partial charge in [0.05, 0.1) is 20.3 Å². The fourth-order valence-electron chi connectivity index (χ4n) is 1.41. The standard InChI is InChI=1S/C12H18O4/c1-9(8-14-2)16-12-5-4-11(15-3)6-10(12)7-13/h4-6,9,13H,7-8H2,1-3H3. The van der Waals surface area contributed by atoms with Crippen LogP contribution in [0.3, 0.4) is 0 Å². The van der Waals surface area contributed by atoms with Gasteiger partial charge in [-0.25, -0.2) is 0 Å². The highest BCUT2D eigenvalue weighted by atomic mass is 16.5. The normalized spacial score (nSPS) is 12.2. The Morgan fingerprint density at radius 1 is 1.31 bits per heavy atom. The number of ether oxygens (including phenoxy) is 3. The molecule has 0 aliphatic carbocycles. The first kappa shape index (κ1) is 12.8. The lowest BCUT2D eigenvalue weighted by Crippen LogP contribution is -2.18. The molecule has 16 heavy (non-hydrogen) atoms. The fourth-order valence-corrected chi connectivity index (χ4v) is 1.41. The van der Waals surface area contributed by atoms with Crippen LogP contribution in [0.4, 0.5) is 0 Å². The average molecular weight is 226 g/mol. The van der Waals surface area contributed by atoms with Crippen molar-refractivity contribution in [2.24, 2.45) is 0 Å². The van der Waals surface area contributed by atoms with E-state index in [0.29, 0.717) is 23.7 Å². The zero-order valence-electron chi connectivity index (χ0n) is 9.90. The molecule has 0 bridgehead atoms. The Bertz CT molecular complexity index is 325. The minimum absolute atomic E-state index is 0.0521. The number of aliphatic hydroxyl groups excluding tert-OH is 1. The molecule has 0 saturated carbocycles. The molecule has 0 aliphatic heterocycles. The van der Waals surface area contributed by atoms with Gasteiger partial charge < -0.3 is 19.3 Å². The second kappa shape index (κ2) is 6.35. The van der Waals surface area contributed by atoms with Crippen molar-refractivity contribution >= 4 is 0 Å². The summed E-state index contributed by atoms with van der Waals surface area (Å²) in [5, 5.41) is 9.21. The van der Waals surface area contributed by atoms with Crippen molar-refractivity contribution in [3.05, 3.63) is 23.8 Å². The van der Waals surface area contributed by atoms with E-state index in [1.807, 2.05) is 6.92 Å². The molecule has 90 valence electrons. The van der Waals surface area contributed by atoms with E-state index in [0.717, 1.165) is 0 Å². The molecule has 0 amide bonds. The van der Waals surface area contributed by atoms with Gasteiger partial charge in [-0.05, 0) is 25.1 Å². The van der Waals surface area contributed by atoms with E-state index in [4.69, 9.17) is 14.2 Å². The third-order valence-electron chi connectivity index (χ3n) is 2.17. The van der Waals surface area contributed by atoms with Crippen LogP contribution in [-0.2, 0) is 11.3 Å². The van der Waals surface area contributed by atoms with E-state index < -0.39 is 0 Å². The van der Waals surface area contributed by atoms with Gasteiger partial charge in [-0.15, -0.1) is 0 Å². The van der Waals surface area contributed by atoms with Crippen molar-refractivity contribution < 1.29 is 19.3 Å². The predicted molar refractivity (Wildman–Crippen MR) is 60.9 cm³/mol. The SMILES string of the molecule is COCC(C)Oc1ccc(OC)cc1CO. The van der Waals surface area contributed by atoms with Gasteiger partial charge in [-0.1, -0.05) is 0 Å². The number of hydrogen-bond donors (Lipinski definition) is 1. The summed E-state index contributed by atoms with van der Waals surface area (Å²) in [5.74, 6) is 1.36. The number of benzene rings is 1. The molecule has 0 spiro atoms. The first-order chi connectivity index (χ1) is 7.71. The summed E-state index contributed by atoms with van der Waals surface area (Å²) in [6.45, 7) is 2.35. The van der Waals surface area contributed by atoms with E-state index in [1.54, 1.807) is 32.4 Å². The fraction of sp³-hybridized carbons (Fsp3) is 0.500. The van der Waals surface area contributed by atoms with E-state index in [-0.39, 0.29) is 12.7 Å². The number of methoxy groups -OCH3 is 2. The molecular formula is C12H18O4. The predicted octanol–water partition coefficient (Wildman–Crippen LogP) is 1.60. The van der Waals surface area contributed by atoms with Gasteiger partial charge in [0.1, 0.15) is 17.6 Å². The van der Waals surface area contributed by atoms with Crippen LogP contribution in [0.5, 0.6) is 11.5 Å².